The molecule has 0 aliphatic carbocycles. The van der Waals surface area contributed by atoms with E-state index in [-0.39, 0.29) is 0 Å². The van der Waals surface area contributed by atoms with Crippen molar-refractivity contribution >= 4 is 0 Å². The third kappa shape index (κ3) is 2.26. The Balaban J connectivity index is 4.73. The first kappa shape index (κ1) is 11.0. The summed E-state index contributed by atoms with van der Waals surface area (Å²) in [6.07, 6.45) is -5.24. The summed E-state index contributed by atoms with van der Waals surface area (Å²) in [5.41, 5.74) is 7.67. The van der Waals surface area contributed by atoms with Gasteiger partial charge < -0.3 is 9.84 Å². The Morgan fingerprint density at radius 2 is 2.08 bits per heavy atom. The number of nitrogens with zero attached hydrogens (tertiary/aromatic N) is 3. The average Bonchev–Trinajstić information content (AvgIpc) is 1.86. The van der Waals surface area contributed by atoms with E-state index in [9.17, 15) is 18.3 Å². The first-order chi connectivity index (χ1) is 5.37. The lowest BCUT2D eigenvalue weighted by molar-refractivity contribution is -0.609. The minimum Gasteiger partial charge on any atom is -0.818 e. The van der Waals surface area contributed by atoms with E-state index >= 15 is 0 Å². The van der Waals surface area contributed by atoms with Crippen molar-refractivity contribution in [3.63, 3.8) is 0 Å². The lowest BCUT2D eigenvalue weighted by Crippen LogP contribution is -2.56. The molecule has 0 saturated heterocycles. The number of azide groups is 1. The fourth-order valence-corrected chi connectivity index (χ4v) is 0.422. The molecule has 8 heteroatoms. The zero-order chi connectivity index (χ0) is 9.83. The van der Waals surface area contributed by atoms with Crippen molar-refractivity contribution in [2.45, 2.75) is 19.0 Å². The number of ether oxygens (including phenoxy) is 1. The maximum atomic E-state index is 11.8. The molecule has 0 N–H and O–H groups in total. The van der Waals surface area contributed by atoms with Gasteiger partial charge in [0.1, 0.15) is 0 Å². The van der Waals surface area contributed by atoms with Crippen molar-refractivity contribution in [1.82, 2.24) is 0 Å². The van der Waals surface area contributed by atoms with Gasteiger partial charge in [-0.15, -0.1) is 0 Å². The summed E-state index contributed by atoms with van der Waals surface area (Å²) in [7, 11) is 0. The molecule has 0 radical (unpaired) electrons. The minimum atomic E-state index is -5.24. The Labute approximate surface area is 65.4 Å². The van der Waals surface area contributed by atoms with Crippen molar-refractivity contribution in [2.24, 2.45) is 5.11 Å². The van der Waals surface area contributed by atoms with Crippen LogP contribution in [0.3, 0.4) is 0 Å². The zero-order valence-corrected chi connectivity index (χ0v) is 6.00. The van der Waals surface area contributed by atoms with E-state index < -0.39 is 18.7 Å². The van der Waals surface area contributed by atoms with Crippen LogP contribution in [-0.2, 0) is 4.74 Å². The third-order valence-electron chi connectivity index (χ3n) is 0.875. The summed E-state index contributed by atoms with van der Waals surface area (Å²) in [4.78, 5) is 1.76. The normalized spacial score (nSPS) is 16.4. The fraction of sp³-hybridized carbons (Fsp3) is 1.00. The molecule has 0 heterocycles. The summed E-state index contributed by atoms with van der Waals surface area (Å²) in [6.45, 7) is 0.702. The third-order valence-corrected chi connectivity index (χ3v) is 0.875. The lowest BCUT2D eigenvalue weighted by Gasteiger charge is -2.36. The van der Waals surface area contributed by atoms with Crippen LogP contribution in [0.15, 0.2) is 5.11 Å². The van der Waals surface area contributed by atoms with Crippen molar-refractivity contribution in [2.75, 3.05) is 6.61 Å². The van der Waals surface area contributed by atoms with Crippen LogP contribution in [0.25, 0.3) is 10.4 Å². The highest BCUT2D eigenvalue weighted by molar-refractivity contribution is 4.72. The summed E-state index contributed by atoms with van der Waals surface area (Å²) < 4.78 is 39.1. The molecule has 1 unspecified atom stereocenters. The molecular weight excluding hydrogens is 179 g/mol. The molecule has 12 heavy (non-hydrogen) atoms. The molecule has 0 spiro atoms. The van der Waals surface area contributed by atoms with Gasteiger partial charge in [0.25, 0.3) is 0 Å². The average molecular weight is 184 g/mol. The van der Waals surface area contributed by atoms with Crippen molar-refractivity contribution in [3.8, 4) is 0 Å². The number of halogens is 3. The fourth-order valence-electron chi connectivity index (χ4n) is 0.422. The summed E-state index contributed by atoms with van der Waals surface area (Å²) in [6, 6.07) is 0. The van der Waals surface area contributed by atoms with Crippen molar-refractivity contribution in [1.29, 1.82) is 0 Å². The number of rotatable bonds is 3. The van der Waals surface area contributed by atoms with Crippen molar-refractivity contribution in [3.05, 3.63) is 10.4 Å². The van der Waals surface area contributed by atoms with E-state index in [4.69, 9.17) is 5.53 Å². The Bertz CT molecular complexity index is 200. The predicted octanol–water partition coefficient (Wildman–Crippen LogP) is 0.910. The molecule has 5 nitrogen and oxygen atoms in total. The van der Waals surface area contributed by atoms with Gasteiger partial charge in [0.05, 0.1) is 0 Å². The molecule has 0 bridgehead atoms. The van der Waals surface area contributed by atoms with Crippen LogP contribution in [0.4, 0.5) is 13.2 Å². The van der Waals surface area contributed by atoms with Gasteiger partial charge in [-0.25, -0.2) is 0 Å². The number of hydrogen-bond donors (Lipinski definition) is 0. The predicted molar refractivity (Wildman–Crippen MR) is 29.6 cm³/mol. The first-order valence-corrected chi connectivity index (χ1v) is 2.84. The van der Waals surface area contributed by atoms with Crippen LogP contribution in [0.1, 0.15) is 6.92 Å². The monoisotopic (exact) mass is 184 g/mol. The van der Waals surface area contributed by atoms with Crippen LogP contribution >= 0.6 is 0 Å². The van der Waals surface area contributed by atoms with E-state index in [1.54, 1.807) is 4.91 Å². The van der Waals surface area contributed by atoms with Crippen molar-refractivity contribution < 1.29 is 23.0 Å². The molecule has 0 aliphatic heterocycles. The van der Waals surface area contributed by atoms with E-state index in [1.165, 1.54) is 6.92 Å². The minimum absolute atomic E-state index is 0.484. The Morgan fingerprint density at radius 1 is 1.58 bits per heavy atom. The Kier molecular flexibility index (Phi) is 3.32. The molecule has 0 fully saturated rings. The molecule has 0 aromatic carbocycles. The quantitative estimate of drug-likeness (QED) is 0.282. The molecule has 0 amide bonds. The largest absolute Gasteiger partial charge is 0.818 e. The lowest BCUT2D eigenvalue weighted by atomic mass is 10.5. The van der Waals surface area contributed by atoms with E-state index in [0.29, 0.717) is 0 Å². The van der Waals surface area contributed by atoms with Crippen LogP contribution in [0.2, 0.25) is 0 Å². The van der Waals surface area contributed by atoms with Gasteiger partial charge in [-0.05, 0) is 12.5 Å². The van der Waals surface area contributed by atoms with Crippen LogP contribution in [0, 0.1) is 0 Å². The molecule has 0 saturated carbocycles. The SMILES string of the molecule is CCOC([O-])(N=[N+]=[N-])C(F)(F)F. The van der Waals surface area contributed by atoms with Gasteiger partial charge >= 0.3 is 6.18 Å². The molecule has 0 rings (SSSR count). The second-order valence-electron chi connectivity index (χ2n) is 1.70. The molecule has 0 aliphatic rings. The van der Waals surface area contributed by atoms with Gasteiger partial charge in [0.15, 0.2) is 5.91 Å². The smallest absolute Gasteiger partial charge is 0.408 e. The van der Waals surface area contributed by atoms with E-state index in [0.717, 1.165) is 0 Å². The van der Waals surface area contributed by atoms with Gasteiger partial charge in [0, 0.05) is 11.5 Å². The molecule has 1 atom stereocenters. The maximum Gasteiger partial charge on any atom is 0.408 e. The summed E-state index contributed by atoms with van der Waals surface area (Å²) in [5.74, 6) is -4.00. The maximum absolute atomic E-state index is 11.8. The number of hydrogen-bond acceptors (Lipinski definition) is 3. The molecule has 0 aromatic heterocycles. The summed E-state index contributed by atoms with van der Waals surface area (Å²) >= 11 is 0. The second kappa shape index (κ2) is 3.61. The van der Waals surface area contributed by atoms with Crippen LogP contribution < -0.4 is 5.11 Å². The number of alkyl halides is 3. The summed E-state index contributed by atoms with van der Waals surface area (Å²) in [5, 5.41) is 12.6. The van der Waals surface area contributed by atoms with E-state index in [2.05, 4.69) is 4.74 Å². The standard InChI is InChI=1S/C4H5F3N3O2/c1-2-12-4(11,9-10-8)3(5,6)7/h2H2,1H3/q-1. The van der Waals surface area contributed by atoms with Gasteiger partial charge in [-0.1, -0.05) is 5.11 Å². The molecular formula is C4H5F3N3O2-. The highest BCUT2D eigenvalue weighted by Crippen LogP contribution is 2.30. The van der Waals surface area contributed by atoms with E-state index in [1.807, 2.05) is 5.11 Å². The van der Waals surface area contributed by atoms with Crippen LogP contribution in [-0.4, -0.2) is 18.7 Å². The molecule has 0 aromatic rings. The van der Waals surface area contributed by atoms with Gasteiger partial charge in [0.2, 0.25) is 0 Å². The first-order valence-electron chi connectivity index (χ1n) is 2.84. The topological polar surface area (TPSA) is 81.0 Å². The second-order valence-corrected chi connectivity index (χ2v) is 1.70. The van der Waals surface area contributed by atoms with Gasteiger partial charge in [-0.2, -0.15) is 13.2 Å². The van der Waals surface area contributed by atoms with Crippen LogP contribution in [0.5, 0.6) is 0 Å². The Hall–Kier alpha value is -0.980. The molecule has 70 valence electrons. The Morgan fingerprint density at radius 3 is 2.33 bits per heavy atom. The highest BCUT2D eigenvalue weighted by atomic mass is 19.4. The highest BCUT2D eigenvalue weighted by Gasteiger charge is 2.46. The van der Waals surface area contributed by atoms with Gasteiger partial charge in [-0.3, -0.25) is 0 Å². The zero-order valence-electron chi connectivity index (χ0n) is 6.00.